The first-order valence-electron chi connectivity index (χ1n) is 3.29. The van der Waals surface area contributed by atoms with Crippen LogP contribution in [0, 0.1) is 0 Å². The standard InChI is InChI=1S/C5H8O2.4Na.2H2O3S/c6-4-2-1-3-5-7;;;;;2*1-4(2)3/h4-5H,1-3H2;;;;;2*(H2,1,2,3)/q;4*+1;;/p-4. The molecule has 0 saturated heterocycles. The topological polar surface area (TPSA) is 161 Å². The van der Waals surface area contributed by atoms with Gasteiger partial charge in [0.15, 0.2) is 0 Å². The number of carbonyl (C=O) groups excluding carboxylic acids is 2. The van der Waals surface area contributed by atoms with E-state index in [9.17, 15) is 9.59 Å². The number of hydrogen-bond donors (Lipinski definition) is 0. The van der Waals surface area contributed by atoms with Gasteiger partial charge in [-0.25, -0.2) is 0 Å². The maximum absolute atomic E-state index is 9.56. The van der Waals surface area contributed by atoms with Gasteiger partial charge in [-0.1, -0.05) is 0 Å². The van der Waals surface area contributed by atoms with Crippen molar-refractivity contribution >= 4 is 35.3 Å². The molecular formula is C5H8Na4O8S2. The summed E-state index contributed by atoms with van der Waals surface area (Å²) in [5.41, 5.74) is 0. The van der Waals surface area contributed by atoms with Gasteiger partial charge in [-0.15, -0.1) is 22.7 Å². The van der Waals surface area contributed by atoms with E-state index in [-0.39, 0.29) is 118 Å². The van der Waals surface area contributed by atoms with Crippen molar-refractivity contribution in [2.75, 3.05) is 0 Å². The minimum atomic E-state index is -3.11. The predicted octanol–water partition coefficient (Wildman–Crippen LogP) is -13.4. The van der Waals surface area contributed by atoms with Gasteiger partial charge in [0.05, 0.1) is 0 Å². The first kappa shape index (κ1) is 43.3. The second-order valence-electron chi connectivity index (χ2n) is 1.67. The number of aldehydes is 2. The molecule has 0 aromatic heterocycles. The summed E-state index contributed by atoms with van der Waals surface area (Å²) < 4.78 is 50.7. The average Bonchev–Trinajstić information content (AvgIpc) is 2.03. The molecule has 8 nitrogen and oxygen atoms in total. The summed E-state index contributed by atoms with van der Waals surface area (Å²) in [6, 6.07) is 0. The van der Waals surface area contributed by atoms with Crippen molar-refractivity contribution in [3.63, 3.8) is 0 Å². The molecule has 0 amide bonds. The van der Waals surface area contributed by atoms with E-state index in [0.29, 0.717) is 19.3 Å². The summed E-state index contributed by atoms with van der Waals surface area (Å²) in [5, 5.41) is 0. The largest absolute Gasteiger partial charge is 1.00 e. The second kappa shape index (κ2) is 43.0. The van der Waals surface area contributed by atoms with Crippen LogP contribution in [0.1, 0.15) is 19.3 Å². The monoisotopic (exact) mass is 352 g/mol. The molecule has 0 atom stereocenters. The van der Waals surface area contributed by atoms with Crippen molar-refractivity contribution in [2.45, 2.75) is 19.3 Å². The van der Waals surface area contributed by atoms with Crippen molar-refractivity contribution in [1.29, 1.82) is 0 Å². The van der Waals surface area contributed by atoms with Gasteiger partial charge in [0.25, 0.3) is 0 Å². The van der Waals surface area contributed by atoms with Crippen LogP contribution in [-0.2, 0) is 32.3 Å². The molecular weight excluding hydrogens is 344 g/mol. The third kappa shape index (κ3) is 146. The predicted molar refractivity (Wildman–Crippen MR) is 45.4 cm³/mol. The van der Waals surface area contributed by atoms with E-state index in [1.807, 2.05) is 0 Å². The minimum Gasteiger partial charge on any atom is -0.784 e. The number of carbonyl (C=O) groups is 2. The van der Waals surface area contributed by atoms with Crippen LogP contribution in [0.3, 0.4) is 0 Å². The maximum Gasteiger partial charge on any atom is 1.00 e. The van der Waals surface area contributed by atoms with E-state index in [0.717, 1.165) is 12.6 Å². The Kier molecular flexibility index (Phi) is 97.9. The van der Waals surface area contributed by atoms with E-state index in [1.54, 1.807) is 0 Å². The molecule has 19 heavy (non-hydrogen) atoms. The molecule has 0 rings (SSSR count). The summed E-state index contributed by atoms with van der Waals surface area (Å²) >= 11 is -6.22. The molecule has 0 bridgehead atoms. The van der Waals surface area contributed by atoms with Crippen LogP contribution in [0.2, 0.25) is 0 Å². The molecule has 0 saturated carbocycles. The van der Waals surface area contributed by atoms with E-state index < -0.39 is 22.7 Å². The van der Waals surface area contributed by atoms with Crippen LogP contribution in [0.25, 0.3) is 0 Å². The molecule has 0 aromatic rings. The van der Waals surface area contributed by atoms with Gasteiger partial charge in [0, 0.05) is 12.8 Å². The smallest absolute Gasteiger partial charge is 0.784 e. The van der Waals surface area contributed by atoms with Gasteiger partial charge in [-0.3, -0.25) is 8.42 Å². The molecule has 92 valence electrons. The summed E-state index contributed by atoms with van der Waals surface area (Å²) in [4.78, 5) is 19.1. The van der Waals surface area contributed by atoms with E-state index >= 15 is 0 Å². The van der Waals surface area contributed by atoms with Gasteiger partial charge < -0.3 is 27.8 Å². The van der Waals surface area contributed by atoms with Crippen molar-refractivity contribution in [3.05, 3.63) is 0 Å². The Morgan fingerprint density at radius 2 is 0.842 bits per heavy atom. The number of hydrogen-bond acceptors (Lipinski definition) is 8. The molecule has 0 heterocycles. The summed E-state index contributed by atoms with van der Waals surface area (Å²) in [6.45, 7) is 0. The Bertz CT molecular complexity index is 180. The van der Waals surface area contributed by atoms with Gasteiger partial charge in [-0.05, 0) is 6.42 Å². The number of rotatable bonds is 4. The molecule has 14 heteroatoms. The van der Waals surface area contributed by atoms with Gasteiger partial charge in [-0.2, -0.15) is 0 Å². The Balaban J connectivity index is -0.0000000216. The Labute approximate surface area is 205 Å². The molecule has 0 aliphatic carbocycles. The average molecular weight is 352 g/mol. The fourth-order valence-electron chi connectivity index (χ4n) is 0.285. The van der Waals surface area contributed by atoms with Crippen molar-refractivity contribution in [1.82, 2.24) is 0 Å². The third-order valence-electron chi connectivity index (χ3n) is 0.644. The van der Waals surface area contributed by atoms with Gasteiger partial charge >= 0.3 is 118 Å². The van der Waals surface area contributed by atoms with E-state index in [4.69, 9.17) is 26.6 Å². The van der Waals surface area contributed by atoms with E-state index in [1.165, 1.54) is 0 Å². The molecule has 0 spiro atoms. The zero-order chi connectivity index (χ0) is 12.7. The molecule has 0 aliphatic rings. The molecule has 0 N–H and O–H groups in total. The Hall–Kier alpha value is 3.48. The van der Waals surface area contributed by atoms with Gasteiger partial charge in [0.1, 0.15) is 12.6 Å². The first-order valence-corrected chi connectivity index (χ1v) is 5.29. The number of unbranched alkanes of at least 4 members (excludes halogenated alkanes) is 2. The molecule has 0 aliphatic heterocycles. The van der Waals surface area contributed by atoms with Crippen LogP contribution in [-0.4, -0.2) is 39.2 Å². The molecule has 0 aromatic carbocycles. The Morgan fingerprint density at radius 3 is 0.947 bits per heavy atom. The zero-order valence-electron chi connectivity index (χ0n) is 11.4. The summed E-state index contributed by atoms with van der Waals surface area (Å²) in [5.74, 6) is 0. The molecule has 0 fully saturated rings. The van der Waals surface area contributed by atoms with Crippen LogP contribution < -0.4 is 118 Å². The van der Waals surface area contributed by atoms with E-state index in [2.05, 4.69) is 0 Å². The van der Waals surface area contributed by atoms with Crippen LogP contribution >= 0.6 is 0 Å². The zero-order valence-corrected chi connectivity index (χ0v) is 21.0. The van der Waals surface area contributed by atoms with Crippen molar-refractivity contribution < 1.29 is 154 Å². The second-order valence-corrected chi connectivity index (χ2v) is 2.49. The molecule has 0 unspecified atom stereocenters. The molecule has 0 radical (unpaired) electrons. The summed E-state index contributed by atoms with van der Waals surface area (Å²) in [6.07, 6.45) is 3.37. The first-order chi connectivity index (χ1) is 6.88. The fraction of sp³-hybridized carbons (Fsp3) is 0.600. The van der Waals surface area contributed by atoms with Crippen LogP contribution in [0.15, 0.2) is 0 Å². The quantitative estimate of drug-likeness (QED) is 0.208. The fourth-order valence-corrected chi connectivity index (χ4v) is 0.285. The normalized spacial score (nSPS) is 6.63. The third-order valence-corrected chi connectivity index (χ3v) is 0.644. The van der Waals surface area contributed by atoms with Crippen molar-refractivity contribution in [2.24, 2.45) is 0 Å². The van der Waals surface area contributed by atoms with Crippen LogP contribution in [0.5, 0.6) is 0 Å². The van der Waals surface area contributed by atoms with Gasteiger partial charge in [0.2, 0.25) is 0 Å². The summed E-state index contributed by atoms with van der Waals surface area (Å²) in [7, 11) is 0. The maximum atomic E-state index is 9.56. The SMILES string of the molecule is O=CCCCC=O.O=S([O-])[O-].O=S([O-])[O-].[Na+].[Na+].[Na+].[Na+]. The Morgan fingerprint density at radius 1 is 0.684 bits per heavy atom. The van der Waals surface area contributed by atoms with Crippen LogP contribution in [0.4, 0.5) is 0 Å². The van der Waals surface area contributed by atoms with Crippen molar-refractivity contribution in [3.8, 4) is 0 Å². The minimum absolute atomic E-state index is 0.